The Labute approximate surface area is 227 Å². The molecule has 1 aromatic heterocycles. The summed E-state index contributed by atoms with van der Waals surface area (Å²) >= 11 is 0. The Morgan fingerprint density at radius 1 is 0.333 bits per heavy atom. The standard InChI is InChI=1S/C38H25N/c1-3-14-26(15-4-1)28-22-13-23-33-36(27-16-5-2-6-17-27)31-20-7-8-21-32(31)38(37(28)33)39-34-24-11-9-18-29(34)30-19-10-12-25-35(30)39/h1-25H. The third-order valence-electron chi connectivity index (χ3n) is 7.97. The third-order valence-corrected chi connectivity index (χ3v) is 7.97. The maximum absolute atomic E-state index is 2.50. The zero-order valence-corrected chi connectivity index (χ0v) is 21.4. The molecule has 0 bridgehead atoms. The molecule has 182 valence electrons. The van der Waals surface area contributed by atoms with E-state index in [2.05, 4.69) is 156 Å². The molecule has 0 aliphatic heterocycles. The Hall–Kier alpha value is -5.14. The van der Waals surface area contributed by atoms with Crippen LogP contribution in [0.2, 0.25) is 0 Å². The van der Waals surface area contributed by atoms with Crippen LogP contribution in [0.3, 0.4) is 0 Å². The van der Waals surface area contributed by atoms with Gasteiger partial charge in [-0.15, -0.1) is 0 Å². The summed E-state index contributed by atoms with van der Waals surface area (Å²) in [5.41, 5.74) is 8.66. The first-order valence-electron chi connectivity index (χ1n) is 13.5. The summed E-state index contributed by atoms with van der Waals surface area (Å²) in [6, 6.07) is 54.9. The number of fused-ring (bicyclic) bond motifs is 5. The lowest BCUT2D eigenvalue weighted by atomic mass is 9.87. The molecule has 0 spiro atoms. The van der Waals surface area contributed by atoms with Gasteiger partial charge in [0.1, 0.15) is 0 Å². The number of rotatable bonds is 3. The summed E-state index contributed by atoms with van der Waals surface area (Å²) in [7, 11) is 0. The monoisotopic (exact) mass is 495 g/mol. The second-order valence-corrected chi connectivity index (χ2v) is 10.1. The van der Waals surface area contributed by atoms with E-state index in [0.717, 1.165) is 0 Å². The Morgan fingerprint density at radius 2 is 0.821 bits per heavy atom. The van der Waals surface area contributed by atoms with E-state index in [4.69, 9.17) is 0 Å². The lowest BCUT2D eigenvalue weighted by Gasteiger charge is -2.21. The number of aromatic nitrogens is 1. The van der Waals surface area contributed by atoms with Crippen LogP contribution < -0.4 is 0 Å². The van der Waals surface area contributed by atoms with Gasteiger partial charge in [-0.2, -0.15) is 0 Å². The van der Waals surface area contributed by atoms with E-state index in [-0.39, 0.29) is 0 Å². The van der Waals surface area contributed by atoms with Gasteiger partial charge in [0, 0.05) is 21.5 Å². The first-order chi connectivity index (χ1) is 19.4. The van der Waals surface area contributed by atoms with Crippen molar-refractivity contribution in [2.75, 3.05) is 0 Å². The maximum Gasteiger partial charge on any atom is 0.0625 e. The molecule has 39 heavy (non-hydrogen) atoms. The average Bonchev–Trinajstić information content (AvgIpc) is 3.34. The summed E-state index contributed by atoms with van der Waals surface area (Å²) < 4.78 is 2.50. The SMILES string of the molecule is c1ccc(-c2c3ccccc3c(-n3c4ccccc4c4ccccc43)c3c(-c4ccccc4)cccc23)cc1. The van der Waals surface area contributed by atoms with Crippen LogP contribution in [-0.4, -0.2) is 4.57 Å². The van der Waals surface area contributed by atoms with Crippen LogP contribution in [0.25, 0.3) is 71.3 Å². The van der Waals surface area contributed by atoms with Crippen molar-refractivity contribution >= 4 is 43.4 Å². The molecule has 7 aromatic carbocycles. The first-order valence-corrected chi connectivity index (χ1v) is 13.5. The Morgan fingerprint density at radius 3 is 1.46 bits per heavy atom. The highest BCUT2D eigenvalue weighted by Crippen LogP contribution is 2.46. The van der Waals surface area contributed by atoms with E-state index < -0.39 is 0 Å². The molecule has 0 aliphatic carbocycles. The van der Waals surface area contributed by atoms with Gasteiger partial charge in [0.25, 0.3) is 0 Å². The smallest absolute Gasteiger partial charge is 0.0625 e. The highest BCUT2D eigenvalue weighted by Gasteiger charge is 2.22. The van der Waals surface area contributed by atoms with Gasteiger partial charge in [-0.3, -0.25) is 0 Å². The molecule has 0 N–H and O–H groups in total. The molecular formula is C38H25N. The van der Waals surface area contributed by atoms with Crippen LogP contribution in [-0.2, 0) is 0 Å². The molecule has 0 amide bonds. The minimum Gasteiger partial charge on any atom is -0.308 e. The van der Waals surface area contributed by atoms with E-state index >= 15 is 0 Å². The Bertz CT molecular complexity index is 2100. The van der Waals surface area contributed by atoms with Gasteiger partial charge in [0.2, 0.25) is 0 Å². The van der Waals surface area contributed by atoms with Crippen LogP contribution in [0.5, 0.6) is 0 Å². The quantitative estimate of drug-likeness (QED) is 0.215. The topological polar surface area (TPSA) is 4.93 Å². The highest BCUT2D eigenvalue weighted by atomic mass is 15.0. The zero-order valence-electron chi connectivity index (χ0n) is 21.4. The Balaban J connectivity index is 1.68. The van der Waals surface area contributed by atoms with Crippen molar-refractivity contribution < 1.29 is 0 Å². The van der Waals surface area contributed by atoms with Crippen molar-refractivity contribution in [2.45, 2.75) is 0 Å². The fourth-order valence-electron chi connectivity index (χ4n) is 6.37. The summed E-state index contributed by atoms with van der Waals surface area (Å²) in [5.74, 6) is 0. The van der Waals surface area contributed by atoms with Crippen molar-refractivity contribution in [3.63, 3.8) is 0 Å². The van der Waals surface area contributed by atoms with Crippen LogP contribution in [0, 0.1) is 0 Å². The second kappa shape index (κ2) is 8.72. The minimum absolute atomic E-state index is 1.22. The van der Waals surface area contributed by atoms with Crippen LogP contribution in [0.4, 0.5) is 0 Å². The normalized spacial score (nSPS) is 11.6. The van der Waals surface area contributed by atoms with E-state index in [1.165, 1.54) is 71.3 Å². The van der Waals surface area contributed by atoms with Gasteiger partial charge < -0.3 is 4.57 Å². The van der Waals surface area contributed by atoms with Gasteiger partial charge >= 0.3 is 0 Å². The van der Waals surface area contributed by atoms with Crippen molar-refractivity contribution in [1.82, 2.24) is 4.57 Å². The van der Waals surface area contributed by atoms with Gasteiger partial charge in [0.05, 0.1) is 16.7 Å². The lowest BCUT2D eigenvalue weighted by Crippen LogP contribution is -2.00. The molecule has 0 fully saturated rings. The zero-order chi connectivity index (χ0) is 25.8. The van der Waals surface area contributed by atoms with Crippen LogP contribution >= 0.6 is 0 Å². The van der Waals surface area contributed by atoms with Gasteiger partial charge in [-0.1, -0.05) is 140 Å². The molecule has 8 rings (SSSR count). The summed E-state index contributed by atoms with van der Waals surface area (Å²) in [6.45, 7) is 0. The predicted octanol–water partition coefficient (Wildman–Crippen LogP) is 10.4. The van der Waals surface area contributed by atoms with Crippen molar-refractivity contribution in [1.29, 1.82) is 0 Å². The maximum atomic E-state index is 2.50. The molecule has 0 atom stereocenters. The van der Waals surface area contributed by atoms with Gasteiger partial charge in [-0.05, 0) is 45.2 Å². The lowest BCUT2D eigenvalue weighted by molar-refractivity contribution is 1.21. The molecule has 1 heteroatoms. The first kappa shape index (κ1) is 21.9. The molecule has 0 unspecified atom stereocenters. The molecule has 0 saturated carbocycles. The molecule has 1 heterocycles. The second-order valence-electron chi connectivity index (χ2n) is 10.1. The van der Waals surface area contributed by atoms with Crippen LogP contribution in [0.15, 0.2) is 152 Å². The molecule has 1 nitrogen and oxygen atoms in total. The van der Waals surface area contributed by atoms with E-state index in [1.807, 2.05) is 0 Å². The van der Waals surface area contributed by atoms with Crippen molar-refractivity contribution in [2.24, 2.45) is 0 Å². The minimum atomic E-state index is 1.22. The largest absolute Gasteiger partial charge is 0.308 e. The molecular weight excluding hydrogens is 470 g/mol. The summed E-state index contributed by atoms with van der Waals surface area (Å²) in [5, 5.41) is 7.59. The molecule has 8 aromatic rings. The third kappa shape index (κ3) is 3.27. The number of benzene rings is 7. The van der Waals surface area contributed by atoms with Crippen molar-refractivity contribution in [3.8, 4) is 27.9 Å². The van der Waals surface area contributed by atoms with E-state index in [0.29, 0.717) is 0 Å². The fourth-order valence-corrected chi connectivity index (χ4v) is 6.37. The number of hydrogen-bond donors (Lipinski definition) is 0. The summed E-state index contributed by atoms with van der Waals surface area (Å²) in [6.07, 6.45) is 0. The van der Waals surface area contributed by atoms with Gasteiger partial charge in [-0.25, -0.2) is 0 Å². The predicted molar refractivity (Wildman–Crippen MR) is 167 cm³/mol. The number of nitrogens with zero attached hydrogens (tertiary/aromatic N) is 1. The highest BCUT2D eigenvalue weighted by molar-refractivity contribution is 6.23. The van der Waals surface area contributed by atoms with Gasteiger partial charge in [0.15, 0.2) is 0 Å². The average molecular weight is 496 g/mol. The Kier molecular flexibility index (Phi) is 4.89. The number of para-hydroxylation sites is 2. The van der Waals surface area contributed by atoms with Crippen molar-refractivity contribution in [3.05, 3.63) is 152 Å². The fraction of sp³-hybridized carbons (Fsp3) is 0. The molecule has 0 aliphatic rings. The van der Waals surface area contributed by atoms with Crippen LogP contribution in [0.1, 0.15) is 0 Å². The van der Waals surface area contributed by atoms with E-state index in [1.54, 1.807) is 0 Å². The van der Waals surface area contributed by atoms with E-state index in [9.17, 15) is 0 Å². The summed E-state index contributed by atoms with van der Waals surface area (Å²) in [4.78, 5) is 0. The number of hydrogen-bond acceptors (Lipinski definition) is 0. The molecule has 0 saturated heterocycles. The molecule has 0 radical (unpaired) electrons.